The third-order valence-electron chi connectivity index (χ3n) is 4.57. The minimum Gasteiger partial charge on any atom is -0.326 e. The van der Waals surface area contributed by atoms with Gasteiger partial charge in [0.2, 0.25) is 5.91 Å². The van der Waals surface area contributed by atoms with Gasteiger partial charge in [0.25, 0.3) is 15.9 Å². The van der Waals surface area contributed by atoms with Crippen LogP contribution in [0.15, 0.2) is 59.6 Å². The molecule has 0 bridgehead atoms. The molecule has 0 saturated carbocycles. The SMILES string of the molecule is CC(=O)Nc1cccc(NC(=O)c2cnn(C)c2N(C)S(=O)(=O)c2ccc(C)cc2)c1. The largest absolute Gasteiger partial charge is 0.326 e. The first-order valence-corrected chi connectivity index (χ1v) is 10.8. The van der Waals surface area contributed by atoms with Crippen LogP contribution in [0.3, 0.4) is 0 Å². The molecule has 2 amide bonds. The second kappa shape index (κ2) is 8.60. The Balaban J connectivity index is 1.91. The molecule has 0 aliphatic rings. The van der Waals surface area contributed by atoms with E-state index in [-0.39, 0.29) is 22.2 Å². The first-order valence-electron chi connectivity index (χ1n) is 9.36. The average Bonchev–Trinajstić information content (AvgIpc) is 3.09. The number of anilines is 3. The molecule has 2 N–H and O–H groups in total. The Morgan fingerprint density at radius 3 is 2.26 bits per heavy atom. The highest BCUT2D eigenvalue weighted by atomic mass is 32.2. The summed E-state index contributed by atoms with van der Waals surface area (Å²) in [6, 6.07) is 13.1. The first-order chi connectivity index (χ1) is 14.6. The van der Waals surface area contributed by atoms with Gasteiger partial charge in [0.05, 0.1) is 11.1 Å². The van der Waals surface area contributed by atoms with E-state index < -0.39 is 15.9 Å². The first kappa shape index (κ1) is 22.0. The maximum Gasteiger partial charge on any atom is 0.265 e. The molecule has 3 aromatic rings. The molecule has 2 aromatic carbocycles. The topological polar surface area (TPSA) is 113 Å². The number of hydrogen-bond donors (Lipinski definition) is 2. The van der Waals surface area contributed by atoms with Gasteiger partial charge in [0, 0.05) is 32.4 Å². The third-order valence-corrected chi connectivity index (χ3v) is 6.33. The molecule has 0 fully saturated rings. The second-order valence-electron chi connectivity index (χ2n) is 7.01. The number of hydrogen-bond acceptors (Lipinski definition) is 5. The maximum absolute atomic E-state index is 13.1. The molecular formula is C21H23N5O4S. The van der Waals surface area contributed by atoms with E-state index in [9.17, 15) is 18.0 Å². The summed E-state index contributed by atoms with van der Waals surface area (Å²) in [6.07, 6.45) is 1.31. The molecular weight excluding hydrogens is 418 g/mol. The zero-order chi connectivity index (χ0) is 22.8. The van der Waals surface area contributed by atoms with Crippen molar-refractivity contribution < 1.29 is 18.0 Å². The van der Waals surface area contributed by atoms with Crippen LogP contribution in [0.5, 0.6) is 0 Å². The summed E-state index contributed by atoms with van der Waals surface area (Å²) in [4.78, 5) is 24.3. The summed E-state index contributed by atoms with van der Waals surface area (Å²) in [5, 5.41) is 9.43. The Bertz CT molecular complexity index is 1230. The zero-order valence-corrected chi connectivity index (χ0v) is 18.4. The van der Waals surface area contributed by atoms with Gasteiger partial charge in [0.1, 0.15) is 5.56 Å². The zero-order valence-electron chi connectivity index (χ0n) is 17.6. The van der Waals surface area contributed by atoms with Crippen LogP contribution in [0.2, 0.25) is 0 Å². The quantitative estimate of drug-likeness (QED) is 0.611. The fourth-order valence-electron chi connectivity index (χ4n) is 3.02. The standard InChI is InChI=1S/C21H23N5O4S/c1-14-8-10-18(11-9-14)31(29,30)26(4)21-19(13-22-25(21)3)20(28)24-17-7-5-6-16(12-17)23-15(2)27/h5-13H,1-4H3,(H,23,27)(H,24,28). The Hall–Kier alpha value is -3.66. The Morgan fingerprint density at radius 1 is 1.03 bits per heavy atom. The fraction of sp³-hybridized carbons (Fsp3) is 0.190. The van der Waals surface area contributed by atoms with Crippen LogP contribution in [-0.4, -0.2) is 37.1 Å². The Labute approximate surface area is 180 Å². The molecule has 1 aromatic heterocycles. The summed E-state index contributed by atoms with van der Waals surface area (Å²) < 4.78 is 28.5. The number of nitrogens with zero attached hydrogens (tertiary/aromatic N) is 3. The lowest BCUT2D eigenvalue weighted by Gasteiger charge is -2.21. The van der Waals surface area contributed by atoms with E-state index >= 15 is 0 Å². The van der Waals surface area contributed by atoms with Gasteiger partial charge in [-0.1, -0.05) is 23.8 Å². The van der Waals surface area contributed by atoms with Gasteiger partial charge in [-0.25, -0.2) is 8.42 Å². The van der Waals surface area contributed by atoms with E-state index in [1.807, 2.05) is 6.92 Å². The molecule has 0 aliphatic carbocycles. The summed E-state index contributed by atoms with van der Waals surface area (Å²) in [6.45, 7) is 3.25. The van der Waals surface area contributed by atoms with Gasteiger partial charge in [-0.2, -0.15) is 5.10 Å². The normalized spacial score (nSPS) is 11.1. The highest BCUT2D eigenvalue weighted by molar-refractivity contribution is 7.92. The minimum atomic E-state index is -3.91. The van der Waals surface area contributed by atoms with Crippen molar-refractivity contribution in [2.24, 2.45) is 7.05 Å². The van der Waals surface area contributed by atoms with Crippen LogP contribution in [-0.2, 0) is 21.9 Å². The van der Waals surface area contributed by atoms with Gasteiger partial charge >= 0.3 is 0 Å². The number of nitrogens with one attached hydrogen (secondary N) is 2. The predicted octanol–water partition coefficient (Wildman–Crippen LogP) is 2.76. The molecule has 0 spiro atoms. The van der Waals surface area contributed by atoms with E-state index in [0.717, 1.165) is 9.87 Å². The lowest BCUT2D eigenvalue weighted by atomic mass is 10.2. The van der Waals surface area contributed by atoms with Gasteiger partial charge in [-0.05, 0) is 37.3 Å². The molecule has 0 radical (unpaired) electrons. The molecule has 3 rings (SSSR count). The molecule has 0 unspecified atom stereocenters. The predicted molar refractivity (Wildman–Crippen MR) is 119 cm³/mol. The number of carbonyl (C=O) groups is 2. The van der Waals surface area contributed by atoms with Crippen molar-refractivity contribution in [3.05, 3.63) is 65.9 Å². The van der Waals surface area contributed by atoms with Crippen LogP contribution in [0.1, 0.15) is 22.8 Å². The number of sulfonamides is 1. The van der Waals surface area contributed by atoms with E-state index in [4.69, 9.17) is 0 Å². The van der Waals surface area contributed by atoms with Crippen molar-refractivity contribution in [2.45, 2.75) is 18.7 Å². The monoisotopic (exact) mass is 441 g/mol. The van der Waals surface area contributed by atoms with E-state index in [1.54, 1.807) is 43.4 Å². The molecule has 9 nitrogen and oxygen atoms in total. The molecule has 1 heterocycles. The van der Waals surface area contributed by atoms with Crippen LogP contribution >= 0.6 is 0 Å². The van der Waals surface area contributed by atoms with E-state index in [2.05, 4.69) is 15.7 Å². The highest BCUT2D eigenvalue weighted by Crippen LogP contribution is 2.26. The minimum absolute atomic E-state index is 0.0885. The Kier molecular flexibility index (Phi) is 6.11. The number of aromatic nitrogens is 2. The van der Waals surface area contributed by atoms with Crippen LogP contribution in [0.25, 0.3) is 0 Å². The van der Waals surface area contributed by atoms with Crippen molar-refractivity contribution in [1.29, 1.82) is 0 Å². The van der Waals surface area contributed by atoms with Crippen LogP contribution < -0.4 is 14.9 Å². The highest BCUT2D eigenvalue weighted by Gasteiger charge is 2.28. The lowest BCUT2D eigenvalue weighted by Crippen LogP contribution is -2.30. The van der Waals surface area contributed by atoms with E-state index in [1.165, 1.54) is 37.0 Å². The van der Waals surface area contributed by atoms with Crippen LogP contribution in [0, 0.1) is 6.92 Å². The van der Waals surface area contributed by atoms with Gasteiger partial charge in [-0.15, -0.1) is 0 Å². The molecule has 31 heavy (non-hydrogen) atoms. The van der Waals surface area contributed by atoms with Gasteiger partial charge < -0.3 is 10.6 Å². The number of aryl methyl sites for hydroxylation is 2. The van der Waals surface area contributed by atoms with Crippen LogP contribution in [0.4, 0.5) is 17.2 Å². The maximum atomic E-state index is 13.1. The summed E-state index contributed by atoms with van der Waals surface area (Å²) in [7, 11) is -0.970. The third kappa shape index (κ3) is 4.75. The Morgan fingerprint density at radius 2 is 1.65 bits per heavy atom. The van der Waals surface area contributed by atoms with Gasteiger partial charge in [0.15, 0.2) is 5.82 Å². The second-order valence-corrected chi connectivity index (χ2v) is 8.98. The summed E-state index contributed by atoms with van der Waals surface area (Å²) >= 11 is 0. The number of rotatable bonds is 6. The average molecular weight is 442 g/mol. The number of benzene rings is 2. The lowest BCUT2D eigenvalue weighted by molar-refractivity contribution is -0.114. The fourth-order valence-corrected chi connectivity index (χ4v) is 4.26. The smallest absolute Gasteiger partial charge is 0.265 e. The summed E-state index contributed by atoms with van der Waals surface area (Å²) in [5.74, 6) is -0.647. The molecule has 162 valence electrons. The molecule has 0 aliphatic heterocycles. The van der Waals surface area contributed by atoms with Crippen molar-refractivity contribution in [3.8, 4) is 0 Å². The van der Waals surface area contributed by atoms with Crippen molar-refractivity contribution >= 4 is 39.0 Å². The van der Waals surface area contributed by atoms with Crippen molar-refractivity contribution in [2.75, 3.05) is 22.0 Å². The number of carbonyl (C=O) groups excluding carboxylic acids is 2. The molecule has 0 saturated heterocycles. The van der Waals surface area contributed by atoms with Crippen molar-refractivity contribution in [3.63, 3.8) is 0 Å². The van der Waals surface area contributed by atoms with Crippen molar-refractivity contribution in [1.82, 2.24) is 9.78 Å². The summed E-state index contributed by atoms with van der Waals surface area (Å²) in [5.41, 5.74) is 1.99. The number of amides is 2. The van der Waals surface area contributed by atoms with E-state index in [0.29, 0.717) is 11.4 Å². The van der Waals surface area contributed by atoms with Gasteiger partial charge in [-0.3, -0.25) is 18.6 Å². The molecule has 0 atom stereocenters. The molecule has 10 heteroatoms.